The Kier molecular flexibility index (Phi) is 4.07. The maximum absolute atomic E-state index is 5.90. The molecule has 0 spiro atoms. The summed E-state index contributed by atoms with van der Waals surface area (Å²) in [4.78, 5) is 27.3. The van der Waals surface area contributed by atoms with E-state index in [1.165, 1.54) is 29.0 Å². The van der Waals surface area contributed by atoms with E-state index < -0.39 is 0 Å². The average molecular weight is 508 g/mol. The topological polar surface area (TPSA) is 118 Å². The van der Waals surface area contributed by atoms with Crippen molar-refractivity contribution in [2.24, 2.45) is 4.99 Å². The van der Waals surface area contributed by atoms with Gasteiger partial charge in [-0.1, -0.05) is 22.7 Å². The van der Waals surface area contributed by atoms with E-state index in [1.54, 1.807) is 12.4 Å². The highest BCUT2D eigenvalue weighted by Crippen LogP contribution is 2.39. The van der Waals surface area contributed by atoms with Crippen LogP contribution in [-0.4, -0.2) is 24.9 Å². The van der Waals surface area contributed by atoms with Crippen LogP contribution in [-0.2, 0) is 0 Å². The summed E-state index contributed by atoms with van der Waals surface area (Å²) in [5, 5.41) is 10.8. The van der Waals surface area contributed by atoms with Gasteiger partial charge < -0.3 is 19.1 Å². The molecule has 0 radical (unpaired) electrons. The lowest BCUT2D eigenvalue weighted by molar-refractivity contribution is 0.662. The third-order valence-corrected chi connectivity index (χ3v) is 7.79. The molecule has 2 N–H and O–H groups in total. The van der Waals surface area contributed by atoms with Crippen LogP contribution in [0.15, 0.2) is 81.3 Å². The van der Waals surface area contributed by atoms with E-state index >= 15 is 0 Å². The maximum Gasteiger partial charge on any atom is 0.228 e. The molecule has 0 amide bonds. The lowest BCUT2D eigenvalue weighted by atomic mass is 10.2. The number of hydrogen-bond acceptors (Lipinski definition) is 10. The highest BCUT2D eigenvalue weighted by atomic mass is 32.1. The summed E-state index contributed by atoms with van der Waals surface area (Å²) in [7, 11) is 0. The number of furan rings is 2. The molecule has 8 aromatic heterocycles. The molecule has 0 aliphatic carbocycles. The lowest BCUT2D eigenvalue weighted by Crippen LogP contribution is -2.02. The molecular formula is C25H13N7O2S2. The summed E-state index contributed by atoms with van der Waals surface area (Å²) in [6, 6.07) is 11.9. The van der Waals surface area contributed by atoms with Crippen LogP contribution in [0.2, 0.25) is 0 Å². The Morgan fingerprint density at radius 3 is 2.28 bits per heavy atom. The number of anilines is 2. The van der Waals surface area contributed by atoms with Crippen molar-refractivity contribution in [2.45, 2.75) is 0 Å². The number of nitrogens with zero attached hydrogens (tertiary/aromatic N) is 5. The van der Waals surface area contributed by atoms with E-state index in [9.17, 15) is 0 Å². The number of rotatable bonds is 3. The van der Waals surface area contributed by atoms with Gasteiger partial charge in [-0.2, -0.15) is 0 Å². The molecule has 172 valence electrons. The first kappa shape index (κ1) is 19.7. The minimum atomic E-state index is 0.565. The Balaban J connectivity index is 1.22. The molecule has 8 aromatic rings. The van der Waals surface area contributed by atoms with Crippen LogP contribution in [0, 0.1) is 0 Å². The Bertz CT molecular complexity index is 2170. The molecule has 9 nitrogen and oxygen atoms in total. The van der Waals surface area contributed by atoms with Crippen LogP contribution in [0.3, 0.4) is 0 Å². The third kappa shape index (κ3) is 2.96. The summed E-state index contributed by atoms with van der Waals surface area (Å²) in [5.74, 6) is 0.670. The van der Waals surface area contributed by atoms with Crippen LogP contribution >= 0.6 is 22.7 Å². The molecule has 36 heavy (non-hydrogen) atoms. The standard InChI is InChI=1S/C25H13N7O2S2/c1-3-12-14-7-18(35-24(14)33-22(12)27-5-1)31-20-16-9-26-10-17(16)21(30-11-29-20)32-19-8-15-13-4-2-6-28-23(13)34-25(15)36-19/h1-11,26H,(H,29,30,31,32). The lowest BCUT2D eigenvalue weighted by Gasteiger charge is -2.00. The number of pyridine rings is 2. The van der Waals surface area contributed by atoms with Crippen molar-refractivity contribution in [1.29, 1.82) is 0 Å². The smallest absolute Gasteiger partial charge is 0.228 e. The highest BCUT2D eigenvalue weighted by molar-refractivity contribution is 7.22. The largest absolute Gasteiger partial charge is 0.427 e. The van der Waals surface area contributed by atoms with Gasteiger partial charge in [-0.25, -0.2) is 24.9 Å². The molecule has 0 saturated heterocycles. The number of thiophene rings is 2. The van der Waals surface area contributed by atoms with Crippen LogP contribution in [0.4, 0.5) is 15.8 Å². The molecule has 0 unspecified atom stereocenters. The number of fused-ring (bicyclic) bond motifs is 7. The predicted molar refractivity (Wildman–Crippen MR) is 141 cm³/mol. The molecule has 0 aliphatic heterocycles. The molecule has 8 heterocycles. The van der Waals surface area contributed by atoms with Crippen molar-refractivity contribution in [1.82, 2.24) is 24.9 Å². The Hall–Kier alpha value is -4.61. The van der Waals surface area contributed by atoms with Gasteiger partial charge in [0, 0.05) is 57.1 Å². The molecule has 0 aromatic carbocycles. The van der Waals surface area contributed by atoms with E-state index in [2.05, 4.69) is 36.3 Å². The Labute approximate surface area is 208 Å². The van der Waals surface area contributed by atoms with Crippen molar-refractivity contribution < 1.29 is 8.83 Å². The monoisotopic (exact) mass is 507 g/mol. The number of hydrogen-bond donors (Lipinski definition) is 2. The Morgan fingerprint density at radius 1 is 0.750 bits per heavy atom. The van der Waals surface area contributed by atoms with Crippen molar-refractivity contribution in [2.75, 3.05) is 5.32 Å². The second kappa shape index (κ2) is 7.44. The van der Waals surface area contributed by atoms with Crippen LogP contribution < -0.4 is 10.8 Å². The number of H-pyrrole nitrogens is 1. The second-order valence-corrected chi connectivity index (χ2v) is 10.1. The van der Waals surface area contributed by atoms with Crippen LogP contribution in [0.1, 0.15) is 0 Å². The van der Waals surface area contributed by atoms with Crippen molar-refractivity contribution >= 4 is 92.0 Å². The number of nitrogens with one attached hydrogen (secondary N) is 2. The van der Waals surface area contributed by atoms with Gasteiger partial charge in [-0.3, -0.25) is 0 Å². The minimum absolute atomic E-state index is 0.565. The van der Waals surface area contributed by atoms with Crippen molar-refractivity contribution in [3.05, 3.63) is 73.0 Å². The summed E-state index contributed by atoms with van der Waals surface area (Å²) < 4.78 is 11.8. The van der Waals surface area contributed by atoms with Gasteiger partial charge >= 0.3 is 0 Å². The van der Waals surface area contributed by atoms with Gasteiger partial charge in [-0.15, -0.1) is 0 Å². The summed E-state index contributed by atoms with van der Waals surface area (Å²) >= 11 is 2.97. The zero-order valence-corrected chi connectivity index (χ0v) is 19.9. The van der Waals surface area contributed by atoms with E-state index in [0.717, 1.165) is 52.1 Å². The first-order valence-electron chi connectivity index (χ1n) is 11.0. The quantitative estimate of drug-likeness (QED) is 0.275. The van der Waals surface area contributed by atoms with Gasteiger partial charge in [0.15, 0.2) is 15.3 Å². The molecule has 0 atom stereocenters. The predicted octanol–water partition coefficient (Wildman–Crippen LogP) is 6.65. The molecule has 0 bridgehead atoms. The molecular weight excluding hydrogens is 494 g/mol. The summed E-state index contributed by atoms with van der Waals surface area (Å²) in [6.07, 6.45) is 8.75. The van der Waals surface area contributed by atoms with Gasteiger partial charge in [-0.05, 0) is 36.4 Å². The van der Waals surface area contributed by atoms with Gasteiger partial charge in [0.05, 0.1) is 5.00 Å². The zero-order chi connectivity index (χ0) is 23.6. The summed E-state index contributed by atoms with van der Waals surface area (Å²) in [5.41, 5.74) is 1.84. The minimum Gasteiger partial charge on any atom is -0.427 e. The average Bonchev–Trinajstić information content (AvgIpc) is 3.68. The molecule has 11 heteroatoms. The first-order chi connectivity index (χ1) is 17.8. The molecule has 0 saturated carbocycles. The van der Waals surface area contributed by atoms with Crippen LogP contribution in [0.25, 0.3) is 53.5 Å². The maximum atomic E-state index is 5.90. The van der Waals surface area contributed by atoms with E-state index in [0.29, 0.717) is 22.7 Å². The SMILES string of the molecule is c1cnc2oc3sc(/N=c4\ncnc(Nc5cc6c(oc7ncccc76)s5)c5c[nH]cc45)cc3c2c1. The van der Waals surface area contributed by atoms with E-state index in [1.807, 2.05) is 42.7 Å². The second-order valence-electron chi connectivity index (χ2n) is 8.08. The first-order valence-corrected chi connectivity index (χ1v) is 12.6. The highest BCUT2D eigenvalue weighted by Gasteiger charge is 2.14. The normalized spacial score (nSPS) is 12.6. The Morgan fingerprint density at radius 2 is 1.47 bits per heavy atom. The third-order valence-electron chi connectivity index (χ3n) is 5.95. The van der Waals surface area contributed by atoms with Gasteiger partial charge in [0.2, 0.25) is 11.4 Å². The molecule has 0 fully saturated rings. The molecule has 8 rings (SSSR count). The fraction of sp³-hybridized carbons (Fsp3) is 0. The van der Waals surface area contributed by atoms with E-state index in [-0.39, 0.29) is 0 Å². The van der Waals surface area contributed by atoms with Gasteiger partial charge in [0.1, 0.15) is 17.1 Å². The van der Waals surface area contributed by atoms with Crippen molar-refractivity contribution in [3.8, 4) is 0 Å². The van der Waals surface area contributed by atoms with Crippen molar-refractivity contribution in [3.63, 3.8) is 0 Å². The van der Waals surface area contributed by atoms with E-state index in [4.69, 9.17) is 13.8 Å². The summed E-state index contributed by atoms with van der Waals surface area (Å²) in [6.45, 7) is 0. The fourth-order valence-electron chi connectivity index (χ4n) is 4.34. The molecule has 0 aliphatic rings. The number of aromatic amines is 1. The number of aromatic nitrogens is 5. The van der Waals surface area contributed by atoms with Gasteiger partial charge in [0.25, 0.3) is 0 Å². The van der Waals surface area contributed by atoms with Crippen LogP contribution in [0.5, 0.6) is 0 Å². The zero-order valence-electron chi connectivity index (χ0n) is 18.2. The fourth-order valence-corrected chi connectivity index (χ4v) is 6.17.